The van der Waals surface area contributed by atoms with Crippen molar-refractivity contribution in [3.05, 3.63) is 12.7 Å². The third-order valence-electron chi connectivity index (χ3n) is 3.56. The molecule has 0 bridgehead atoms. The number of amides is 5. The Hall–Kier alpha value is -1.93. The van der Waals surface area contributed by atoms with Gasteiger partial charge < -0.3 is 10.2 Å². The van der Waals surface area contributed by atoms with Gasteiger partial charge in [-0.2, -0.15) is 0 Å². The number of hydrogen-bond donors (Lipinski definition) is 1. The average Bonchev–Trinajstić information content (AvgIpc) is 2.66. The SMILES string of the molecule is C=CCN1C(=O)C(=O)N(CC(=O)N2CCNC[C@H]2C)C1=O.Cl. The van der Waals surface area contributed by atoms with Crippen LogP contribution in [0, 0.1) is 0 Å². The van der Waals surface area contributed by atoms with Crippen LogP contribution < -0.4 is 5.32 Å². The van der Waals surface area contributed by atoms with Crippen LogP contribution in [0.1, 0.15) is 6.92 Å². The fourth-order valence-electron chi connectivity index (χ4n) is 2.42. The molecule has 2 aliphatic heterocycles. The lowest BCUT2D eigenvalue weighted by Crippen LogP contribution is -2.55. The maximum absolute atomic E-state index is 12.2. The molecule has 0 aliphatic carbocycles. The van der Waals surface area contributed by atoms with Gasteiger partial charge in [0.25, 0.3) is 0 Å². The minimum absolute atomic E-state index is 0. The molecule has 22 heavy (non-hydrogen) atoms. The normalized spacial score (nSPS) is 22.0. The minimum atomic E-state index is -0.960. The number of imide groups is 2. The van der Waals surface area contributed by atoms with E-state index < -0.39 is 24.4 Å². The second-order valence-corrected chi connectivity index (χ2v) is 5.02. The van der Waals surface area contributed by atoms with Crippen molar-refractivity contribution in [1.29, 1.82) is 0 Å². The number of piperazine rings is 1. The molecule has 2 rings (SSSR count). The smallest absolute Gasteiger partial charge is 0.335 e. The van der Waals surface area contributed by atoms with Gasteiger partial charge in [-0.1, -0.05) is 6.08 Å². The van der Waals surface area contributed by atoms with Crippen LogP contribution in [0.4, 0.5) is 4.79 Å². The van der Waals surface area contributed by atoms with Gasteiger partial charge >= 0.3 is 17.8 Å². The third kappa shape index (κ3) is 3.28. The highest BCUT2D eigenvalue weighted by Gasteiger charge is 2.45. The Bertz CT molecular complexity index is 510. The highest BCUT2D eigenvalue weighted by atomic mass is 35.5. The average molecular weight is 331 g/mol. The summed E-state index contributed by atoms with van der Waals surface area (Å²) in [6.07, 6.45) is 1.35. The number of carbonyl (C=O) groups is 4. The van der Waals surface area contributed by atoms with E-state index >= 15 is 0 Å². The summed E-state index contributed by atoms with van der Waals surface area (Å²) in [7, 11) is 0. The second-order valence-electron chi connectivity index (χ2n) is 5.02. The summed E-state index contributed by atoms with van der Waals surface area (Å²) in [4.78, 5) is 50.8. The van der Waals surface area contributed by atoms with Gasteiger partial charge in [0.2, 0.25) is 5.91 Å². The van der Waals surface area contributed by atoms with Crippen LogP contribution in [0.25, 0.3) is 0 Å². The highest BCUT2D eigenvalue weighted by molar-refractivity contribution is 6.45. The van der Waals surface area contributed by atoms with E-state index in [0.717, 1.165) is 4.90 Å². The maximum atomic E-state index is 12.2. The van der Waals surface area contributed by atoms with Gasteiger partial charge in [0.1, 0.15) is 6.54 Å². The molecule has 8 nitrogen and oxygen atoms in total. The monoisotopic (exact) mass is 330 g/mol. The number of urea groups is 1. The van der Waals surface area contributed by atoms with E-state index in [4.69, 9.17) is 0 Å². The Morgan fingerprint density at radius 1 is 1.32 bits per heavy atom. The van der Waals surface area contributed by atoms with Gasteiger partial charge in [-0.15, -0.1) is 19.0 Å². The van der Waals surface area contributed by atoms with E-state index in [9.17, 15) is 19.2 Å². The molecule has 2 saturated heterocycles. The molecular formula is C13H19ClN4O4. The molecule has 122 valence electrons. The lowest BCUT2D eigenvalue weighted by molar-refractivity contribution is -0.145. The first-order valence-electron chi connectivity index (χ1n) is 6.75. The predicted molar refractivity (Wildman–Crippen MR) is 80.3 cm³/mol. The van der Waals surface area contributed by atoms with Crippen molar-refractivity contribution in [3.63, 3.8) is 0 Å². The first kappa shape index (κ1) is 18.1. The number of nitrogens with one attached hydrogen (secondary N) is 1. The lowest BCUT2D eigenvalue weighted by atomic mass is 10.2. The molecule has 0 saturated carbocycles. The van der Waals surface area contributed by atoms with E-state index in [1.807, 2.05) is 6.92 Å². The molecule has 0 spiro atoms. The Balaban J connectivity index is 0.00000242. The fraction of sp³-hybridized carbons (Fsp3) is 0.538. The van der Waals surface area contributed by atoms with E-state index in [1.165, 1.54) is 6.08 Å². The van der Waals surface area contributed by atoms with Crippen LogP contribution in [0.5, 0.6) is 0 Å². The minimum Gasteiger partial charge on any atom is -0.336 e. The van der Waals surface area contributed by atoms with Gasteiger partial charge in [-0.25, -0.2) is 9.69 Å². The summed E-state index contributed by atoms with van der Waals surface area (Å²) < 4.78 is 0. The van der Waals surface area contributed by atoms with Gasteiger partial charge in [-0.05, 0) is 6.92 Å². The van der Waals surface area contributed by atoms with Crippen LogP contribution >= 0.6 is 12.4 Å². The van der Waals surface area contributed by atoms with E-state index in [-0.39, 0.29) is 30.9 Å². The highest BCUT2D eigenvalue weighted by Crippen LogP contribution is 2.13. The molecule has 0 aromatic heterocycles. The molecule has 1 N–H and O–H groups in total. The van der Waals surface area contributed by atoms with Crippen LogP contribution in [0.3, 0.4) is 0 Å². The number of halogens is 1. The zero-order chi connectivity index (χ0) is 15.6. The number of hydrogen-bond acceptors (Lipinski definition) is 5. The summed E-state index contributed by atoms with van der Waals surface area (Å²) in [5.41, 5.74) is 0. The summed E-state index contributed by atoms with van der Waals surface area (Å²) in [5, 5.41) is 3.15. The Morgan fingerprint density at radius 3 is 2.55 bits per heavy atom. The first-order chi connectivity index (χ1) is 9.97. The van der Waals surface area contributed by atoms with Crippen molar-refractivity contribution in [2.45, 2.75) is 13.0 Å². The quantitative estimate of drug-likeness (QED) is 0.414. The van der Waals surface area contributed by atoms with E-state index in [0.29, 0.717) is 24.5 Å². The zero-order valence-electron chi connectivity index (χ0n) is 12.3. The van der Waals surface area contributed by atoms with Crippen molar-refractivity contribution < 1.29 is 19.2 Å². The molecule has 2 aliphatic rings. The third-order valence-corrected chi connectivity index (χ3v) is 3.56. The molecular weight excluding hydrogens is 312 g/mol. The second kappa shape index (κ2) is 7.37. The Morgan fingerprint density at radius 2 is 1.95 bits per heavy atom. The van der Waals surface area contributed by atoms with E-state index in [2.05, 4.69) is 11.9 Å². The molecule has 0 aromatic rings. The lowest BCUT2D eigenvalue weighted by Gasteiger charge is -2.34. The van der Waals surface area contributed by atoms with Crippen molar-refractivity contribution in [3.8, 4) is 0 Å². The zero-order valence-corrected chi connectivity index (χ0v) is 13.1. The molecule has 2 heterocycles. The van der Waals surface area contributed by atoms with Gasteiger partial charge in [0.05, 0.1) is 0 Å². The largest absolute Gasteiger partial charge is 0.336 e. The molecule has 0 radical (unpaired) electrons. The maximum Gasteiger partial charge on any atom is 0.335 e. The van der Waals surface area contributed by atoms with Crippen LogP contribution in [-0.4, -0.2) is 77.2 Å². The fourth-order valence-corrected chi connectivity index (χ4v) is 2.42. The number of rotatable bonds is 4. The summed E-state index contributed by atoms with van der Waals surface area (Å²) in [6, 6.07) is -0.778. The van der Waals surface area contributed by atoms with Crippen molar-refractivity contribution >= 4 is 36.2 Å². The number of carbonyl (C=O) groups excluding carboxylic acids is 4. The predicted octanol–water partition coefficient (Wildman–Crippen LogP) is -0.795. The van der Waals surface area contributed by atoms with Crippen LogP contribution in [0.2, 0.25) is 0 Å². The van der Waals surface area contributed by atoms with Crippen molar-refractivity contribution in [2.24, 2.45) is 0 Å². The standard InChI is InChI=1S/C13H18N4O4.ClH/c1-3-5-16-11(19)12(20)17(13(16)21)8-10(18)15-6-4-14-7-9(15)2;/h3,9,14H,1,4-8H2,2H3;1H/t9-;/m1./s1. The van der Waals surface area contributed by atoms with Gasteiger partial charge in [-0.3, -0.25) is 19.3 Å². The molecule has 1 atom stereocenters. The first-order valence-corrected chi connectivity index (χ1v) is 6.75. The number of nitrogens with zero attached hydrogens (tertiary/aromatic N) is 3. The van der Waals surface area contributed by atoms with Crippen LogP contribution in [0.15, 0.2) is 12.7 Å². The molecule has 9 heteroatoms. The summed E-state index contributed by atoms with van der Waals surface area (Å²) in [5.74, 6) is -2.21. The van der Waals surface area contributed by atoms with Crippen molar-refractivity contribution in [2.75, 3.05) is 32.7 Å². The summed E-state index contributed by atoms with van der Waals surface area (Å²) in [6.45, 7) is 6.71. The van der Waals surface area contributed by atoms with Gasteiger partial charge in [0.15, 0.2) is 0 Å². The summed E-state index contributed by atoms with van der Waals surface area (Å²) >= 11 is 0. The van der Waals surface area contributed by atoms with Gasteiger partial charge in [0, 0.05) is 32.2 Å². The topological polar surface area (TPSA) is 90.0 Å². The van der Waals surface area contributed by atoms with E-state index in [1.54, 1.807) is 4.90 Å². The Kier molecular flexibility index (Phi) is 6.07. The molecule has 5 amide bonds. The molecule has 0 unspecified atom stereocenters. The molecule has 2 fully saturated rings. The Labute approximate surface area is 134 Å². The molecule has 0 aromatic carbocycles. The van der Waals surface area contributed by atoms with Crippen LogP contribution in [-0.2, 0) is 14.4 Å². The van der Waals surface area contributed by atoms with Crippen molar-refractivity contribution in [1.82, 2.24) is 20.0 Å².